The lowest BCUT2D eigenvalue weighted by Gasteiger charge is -2.45. The van der Waals surface area contributed by atoms with Crippen LogP contribution in [0, 0.1) is 0 Å². The maximum absolute atomic E-state index is 10.5. The Morgan fingerprint density at radius 3 is 1.79 bits per heavy atom. The van der Waals surface area contributed by atoms with Crippen molar-refractivity contribution in [1.29, 1.82) is 0 Å². The SMILES string of the molecule is COc1ccc(O[C@@H]2O[C@@H](C)[C@H](O)[C@@H](O)[C@H]2O[C@H]2O[C@@H](C)[C@H](O)[C@@H](O)[C@H]2O)cc1. The molecule has 0 bridgehead atoms. The molecule has 164 valence electrons. The van der Waals surface area contributed by atoms with Gasteiger partial charge in [-0.15, -0.1) is 0 Å². The van der Waals surface area contributed by atoms with E-state index >= 15 is 0 Å². The van der Waals surface area contributed by atoms with Crippen molar-refractivity contribution in [2.24, 2.45) is 0 Å². The molecule has 2 fully saturated rings. The summed E-state index contributed by atoms with van der Waals surface area (Å²) in [7, 11) is 1.53. The van der Waals surface area contributed by atoms with Crippen LogP contribution >= 0.6 is 0 Å². The maximum atomic E-state index is 10.5. The van der Waals surface area contributed by atoms with Gasteiger partial charge in [-0.3, -0.25) is 0 Å². The Kier molecular flexibility index (Phi) is 6.97. The van der Waals surface area contributed by atoms with E-state index in [-0.39, 0.29) is 0 Å². The van der Waals surface area contributed by atoms with Crippen molar-refractivity contribution in [2.45, 2.75) is 75.3 Å². The molecule has 0 amide bonds. The van der Waals surface area contributed by atoms with Crippen molar-refractivity contribution in [3.63, 3.8) is 0 Å². The molecule has 10 heteroatoms. The molecule has 2 aliphatic heterocycles. The number of hydrogen-bond donors (Lipinski definition) is 5. The minimum absolute atomic E-state index is 0.397. The van der Waals surface area contributed by atoms with Crippen LogP contribution in [-0.2, 0) is 14.2 Å². The topological polar surface area (TPSA) is 147 Å². The summed E-state index contributed by atoms with van der Waals surface area (Å²) < 4.78 is 27.6. The molecule has 0 saturated carbocycles. The van der Waals surface area contributed by atoms with Gasteiger partial charge in [0.2, 0.25) is 6.29 Å². The van der Waals surface area contributed by atoms with Crippen molar-refractivity contribution < 1.29 is 49.2 Å². The minimum Gasteiger partial charge on any atom is -0.497 e. The number of hydrogen-bond acceptors (Lipinski definition) is 10. The second-order valence-electron chi connectivity index (χ2n) is 7.27. The molecule has 10 nitrogen and oxygen atoms in total. The predicted molar refractivity (Wildman–Crippen MR) is 97.2 cm³/mol. The summed E-state index contributed by atoms with van der Waals surface area (Å²) in [6.45, 7) is 3.08. The smallest absolute Gasteiger partial charge is 0.229 e. The number of rotatable bonds is 5. The van der Waals surface area contributed by atoms with E-state index in [1.807, 2.05) is 0 Å². The zero-order valence-electron chi connectivity index (χ0n) is 16.4. The first-order valence-electron chi connectivity index (χ1n) is 9.40. The minimum atomic E-state index is -1.58. The highest BCUT2D eigenvalue weighted by molar-refractivity contribution is 5.31. The summed E-state index contributed by atoms with van der Waals surface area (Å²) in [5, 5.41) is 50.7. The van der Waals surface area contributed by atoms with Gasteiger partial charge in [0.25, 0.3) is 0 Å². The zero-order chi connectivity index (χ0) is 21.3. The van der Waals surface area contributed by atoms with Crippen LogP contribution in [0.1, 0.15) is 13.8 Å². The second-order valence-corrected chi connectivity index (χ2v) is 7.27. The van der Waals surface area contributed by atoms with Crippen LogP contribution in [0.3, 0.4) is 0 Å². The molecule has 2 heterocycles. The van der Waals surface area contributed by atoms with E-state index in [0.29, 0.717) is 11.5 Å². The lowest BCUT2D eigenvalue weighted by atomic mass is 9.98. The van der Waals surface area contributed by atoms with E-state index in [0.717, 1.165) is 0 Å². The van der Waals surface area contributed by atoms with Gasteiger partial charge in [-0.2, -0.15) is 0 Å². The van der Waals surface area contributed by atoms with Gasteiger partial charge in [0.1, 0.15) is 42.0 Å². The molecule has 10 atom stereocenters. The fourth-order valence-corrected chi connectivity index (χ4v) is 3.31. The Morgan fingerprint density at radius 1 is 0.690 bits per heavy atom. The summed E-state index contributed by atoms with van der Waals surface area (Å²) in [5.41, 5.74) is 0. The van der Waals surface area contributed by atoms with Crippen LogP contribution in [0.5, 0.6) is 11.5 Å². The van der Waals surface area contributed by atoms with Gasteiger partial charge in [-0.1, -0.05) is 0 Å². The van der Waals surface area contributed by atoms with Crippen LogP contribution in [0.15, 0.2) is 24.3 Å². The highest BCUT2D eigenvalue weighted by Crippen LogP contribution is 2.30. The number of methoxy groups -OCH3 is 1. The van der Waals surface area contributed by atoms with Gasteiger partial charge in [0.15, 0.2) is 12.4 Å². The summed E-state index contributed by atoms with van der Waals surface area (Å²) in [6, 6.07) is 6.62. The first kappa shape index (κ1) is 22.2. The van der Waals surface area contributed by atoms with Crippen molar-refractivity contribution in [2.75, 3.05) is 7.11 Å². The van der Waals surface area contributed by atoms with E-state index in [4.69, 9.17) is 23.7 Å². The molecule has 29 heavy (non-hydrogen) atoms. The second kappa shape index (κ2) is 9.11. The average molecular weight is 416 g/mol. The quantitative estimate of drug-likeness (QED) is 0.394. The third kappa shape index (κ3) is 4.65. The van der Waals surface area contributed by atoms with Gasteiger partial charge < -0.3 is 49.2 Å². The van der Waals surface area contributed by atoms with Crippen molar-refractivity contribution in [3.05, 3.63) is 24.3 Å². The third-order valence-corrected chi connectivity index (χ3v) is 5.20. The molecule has 0 radical (unpaired) electrons. The summed E-state index contributed by atoms with van der Waals surface area (Å²) in [6.07, 6.45) is -12.4. The molecule has 0 aliphatic carbocycles. The highest BCUT2D eigenvalue weighted by Gasteiger charge is 2.50. The summed E-state index contributed by atoms with van der Waals surface area (Å²) in [5.74, 6) is 1.02. The van der Waals surface area contributed by atoms with Gasteiger partial charge >= 0.3 is 0 Å². The van der Waals surface area contributed by atoms with Crippen molar-refractivity contribution in [3.8, 4) is 11.5 Å². The Balaban J connectivity index is 1.77. The lowest BCUT2D eigenvalue weighted by Crippen LogP contribution is -2.63. The van der Waals surface area contributed by atoms with Crippen molar-refractivity contribution in [1.82, 2.24) is 0 Å². The van der Waals surface area contributed by atoms with Gasteiger partial charge in [-0.25, -0.2) is 0 Å². The Morgan fingerprint density at radius 2 is 1.21 bits per heavy atom. The zero-order valence-corrected chi connectivity index (χ0v) is 16.4. The number of aliphatic hydroxyl groups excluding tert-OH is 5. The first-order chi connectivity index (χ1) is 13.7. The van der Waals surface area contributed by atoms with Crippen molar-refractivity contribution >= 4 is 0 Å². The molecular weight excluding hydrogens is 388 g/mol. The first-order valence-corrected chi connectivity index (χ1v) is 9.40. The van der Waals surface area contributed by atoms with Gasteiger partial charge in [0.05, 0.1) is 19.3 Å². The number of ether oxygens (including phenoxy) is 5. The number of benzene rings is 1. The van der Waals surface area contributed by atoms with Crippen LogP contribution in [0.2, 0.25) is 0 Å². The summed E-state index contributed by atoms with van der Waals surface area (Å²) in [4.78, 5) is 0. The molecule has 1 aromatic rings. The Labute approximate surface area is 168 Å². The van der Waals surface area contributed by atoms with Crippen LogP contribution < -0.4 is 9.47 Å². The Hall–Kier alpha value is -1.50. The van der Waals surface area contributed by atoms with E-state index in [1.165, 1.54) is 14.0 Å². The molecule has 2 saturated heterocycles. The average Bonchev–Trinajstić information content (AvgIpc) is 2.71. The third-order valence-electron chi connectivity index (χ3n) is 5.20. The van der Waals surface area contributed by atoms with E-state index in [1.54, 1.807) is 31.2 Å². The molecule has 0 unspecified atom stereocenters. The highest BCUT2D eigenvalue weighted by atomic mass is 16.8. The monoisotopic (exact) mass is 416 g/mol. The Bertz CT molecular complexity index is 655. The largest absolute Gasteiger partial charge is 0.497 e. The molecule has 0 aromatic heterocycles. The van der Waals surface area contributed by atoms with Gasteiger partial charge in [0, 0.05) is 0 Å². The molecular formula is C19H28O10. The lowest BCUT2D eigenvalue weighted by molar-refractivity contribution is -0.352. The molecule has 0 spiro atoms. The van der Waals surface area contributed by atoms with Crippen LogP contribution in [-0.4, -0.2) is 94.1 Å². The molecule has 2 aliphatic rings. The van der Waals surface area contributed by atoms with Crippen LogP contribution in [0.25, 0.3) is 0 Å². The number of aliphatic hydroxyl groups is 5. The molecule has 3 rings (SSSR count). The fraction of sp³-hybridized carbons (Fsp3) is 0.684. The standard InChI is InChI=1S/C19H28O10/c1-8-12(20)14(22)16(24)18(26-8)29-17-15(23)13(21)9(2)27-19(17)28-11-6-4-10(25-3)5-7-11/h4-9,12-24H,1-3H3/t8-,9-,12-,13-,14+,15+,16+,17+,18+,19-/m0/s1. The van der Waals surface area contributed by atoms with E-state index < -0.39 is 61.4 Å². The fourth-order valence-electron chi connectivity index (χ4n) is 3.31. The van der Waals surface area contributed by atoms with E-state index in [2.05, 4.69) is 0 Å². The molecule has 1 aromatic carbocycles. The normalized spacial score (nSPS) is 43.0. The van der Waals surface area contributed by atoms with Crippen LogP contribution in [0.4, 0.5) is 0 Å². The van der Waals surface area contributed by atoms with Gasteiger partial charge in [-0.05, 0) is 38.1 Å². The van der Waals surface area contributed by atoms with E-state index in [9.17, 15) is 25.5 Å². The summed E-state index contributed by atoms with van der Waals surface area (Å²) >= 11 is 0. The maximum Gasteiger partial charge on any atom is 0.229 e. The molecule has 5 N–H and O–H groups in total. The predicted octanol–water partition coefficient (Wildman–Crippen LogP) is -1.25.